The van der Waals surface area contributed by atoms with E-state index < -0.39 is 0 Å². The van der Waals surface area contributed by atoms with Gasteiger partial charge in [0.2, 0.25) is 0 Å². The van der Waals surface area contributed by atoms with Gasteiger partial charge >= 0.3 is 0 Å². The minimum atomic E-state index is -0.261. The molecule has 86 valence electrons. The Labute approximate surface area is 101 Å². The molecule has 0 aromatic heterocycles. The maximum Gasteiger partial charge on any atom is 0.251 e. The van der Waals surface area contributed by atoms with Crippen LogP contribution in [0.25, 0.3) is 0 Å². The molecule has 4 heteroatoms. The Morgan fingerprint density at radius 2 is 1.88 bits per heavy atom. The van der Waals surface area contributed by atoms with Crippen molar-refractivity contribution in [3.63, 3.8) is 0 Å². The molecule has 0 fully saturated rings. The Kier molecular flexibility index (Phi) is 4.43. The lowest BCUT2D eigenvalue weighted by Gasteiger charge is -2.20. The monoisotopic (exact) mass is 236 g/mol. The topological polar surface area (TPSA) is 55.1 Å². The van der Waals surface area contributed by atoms with Crippen LogP contribution < -0.4 is 11.1 Å². The lowest BCUT2D eigenvalue weighted by Crippen LogP contribution is -2.46. The van der Waals surface area contributed by atoms with Crippen LogP contribution in [0.2, 0.25) is 0 Å². The lowest BCUT2D eigenvalue weighted by molar-refractivity contribution is 0.0940. The summed E-state index contributed by atoms with van der Waals surface area (Å²) in [4.78, 5) is 12.2. The molecule has 0 aliphatic heterocycles. The van der Waals surface area contributed by atoms with Crippen LogP contribution in [0.15, 0.2) is 30.3 Å². The van der Waals surface area contributed by atoms with Crippen LogP contribution in [0.4, 0.5) is 0 Å². The average molecular weight is 236 g/mol. The van der Waals surface area contributed by atoms with Crippen LogP contribution in [0, 0.1) is 5.92 Å². The van der Waals surface area contributed by atoms with E-state index in [9.17, 15) is 4.79 Å². The van der Waals surface area contributed by atoms with Gasteiger partial charge < -0.3 is 11.1 Å². The Bertz CT molecular complexity index is 376. The molecular weight excluding hydrogens is 220 g/mol. The second kappa shape index (κ2) is 5.61. The zero-order valence-corrected chi connectivity index (χ0v) is 10.3. The molecule has 0 spiro atoms. The minimum Gasteiger partial charge on any atom is -0.392 e. The molecule has 0 aliphatic carbocycles. The van der Waals surface area contributed by atoms with Gasteiger partial charge in [-0.3, -0.25) is 4.79 Å². The Hall–Kier alpha value is -1.42. The third kappa shape index (κ3) is 3.31. The van der Waals surface area contributed by atoms with Gasteiger partial charge in [-0.15, -0.1) is 0 Å². The zero-order valence-electron chi connectivity index (χ0n) is 9.44. The summed E-state index contributed by atoms with van der Waals surface area (Å²) >= 11 is 4.92. The van der Waals surface area contributed by atoms with E-state index in [-0.39, 0.29) is 17.9 Å². The number of carbonyl (C=O) groups is 1. The predicted molar refractivity (Wildman–Crippen MR) is 69.3 cm³/mol. The second-order valence-electron chi connectivity index (χ2n) is 3.96. The molecule has 0 saturated heterocycles. The molecule has 0 heterocycles. The van der Waals surface area contributed by atoms with Crippen molar-refractivity contribution in [2.45, 2.75) is 19.9 Å². The van der Waals surface area contributed by atoms with Crippen molar-refractivity contribution >= 4 is 23.1 Å². The highest BCUT2D eigenvalue weighted by Crippen LogP contribution is 2.05. The summed E-state index contributed by atoms with van der Waals surface area (Å²) in [5.74, 6) is 0.0391. The molecule has 0 saturated carbocycles. The van der Waals surface area contributed by atoms with Crippen molar-refractivity contribution < 1.29 is 4.79 Å². The van der Waals surface area contributed by atoms with E-state index in [0.29, 0.717) is 10.6 Å². The van der Waals surface area contributed by atoms with Crippen molar-refractivity contribution in [1.82, 2.24) is 5.32 Å². The Balaban J connectivity index is 2.74. The van der Waals surface area contributed by atoms with Crippen LogP contribution in [0.5, 0.6) is 0 Å². The molecular formula is C12H16N2OS. The number of rotatable bonds is 4. The molecule has 0 aliphatic rings. The molecule has 1 aromatic carbocycles. The van der Waals surface area contributed by atoms with Crippen molar-refractivity contribution in [3.05, 3.63) is 35.9 Å². The van der Waals surface area contributed by atoms with Crippen molar-refractivity contribution in [2.75, 3.05) is 0 Å². The van der Waals surface area contributed by atoms with Gasteiger partial charge in [0, 0.05) is 5.56 Å². The first kappa shape index (κ1) is 12.6. The summed E-state index contributed by atoms with van der Waals surface area (Å²) in [6, 6.07) is 8.76. The Morgan fingerprint density at radius 3 is 2.31 bits per heavy atom. The molecule has 1 aromatic rings. The highest BCUT2D eigenvalue weighted by atomic mass is 32.1. The van der Waals surface area contributed by atoms with Gasteiger partial charge in [0.05, 0.1) is 11.0 Å². The maximum absolute atomic E-state index is 11.8. The maximum atomic E-state index is 11.8. The van der Waals surface area contributed by atoms with Gasteiger partial charge in [0.15, 0.2) is 0 Å². The van der Waals surface area contributed by atoms with Gasteiger partial charge in [-0.2, -0.15) is 0 Å². The highest BCUT2D eigenvalue weighted by Gasteiger charge is 2.19. The first-order chi connectivity index (χ1) is 7.52. The molecule has 0 radical (unpaired) electrons. The number of carbonyl (C=O) groups excluding carboxylic acids is 1. The number of nitrogens with two attached hydrogens (primary N) is 1. The van der Waals surface area contributed by atoms with Gasteiger partial charge in [0.25, 0.3) is 5.91 Å². The van der Waals surface area contributed by atoms with Crippen LogP contribution in [-0.2, 0) is 0 Å². The number of thiocarbonyl (C=S) groups is 1. The summed E-state index contributed by atoms with van der Waals surface area (Å²) in [6.45, 7) is 3.93. The van der Waals surface area contributed by atoms with Gasteiger partial charge in [-0.1, -0.05) is 44.3 Å². The van der Waals surface area contributed by atoms with E-state index in [1.807, 2.05) is 32.0 Å². The smallest absolute Gasteiger partial charge is 0.251 e. The van der Waals surface area contributed by atoms with Gasteiger partial charge in [0.1, 0.15) is 0 Å². The second-order valence-corrected chi connectivity index (χ2v) is 4.43. The van der Waals surface area contributed by atoms with Gasteiger partial charge in [-0.25, -0.2) is 0 Å². The van der Waals surface area contributed by atoms with Crippen LogP contribution in [0.1, 0.15) is 24.2 Å². The fourth-order valence-corrected chi connectivity index (χ4v) is 1.71. The first-order valence-electron chi connectivity index (χ1n) is 5.17. The Morgan fingerprint density at radius 1 is 1.31 bits per heavy atom. The molecule has 16 heavy (non-hydrogen) atoms. The third-order valence-electron chi connectivity index (χ3n) is 2.30. The van der Waals surface area contributed by atoms with Crippen molar-refractivity contribution in [1.29, 1.82) is 0 Å². The summed E-state index contributed by atoms with van der Waals surface area (Å²) in [7, 11) is 0. The molecule has 3 nitrogen and oxygen atoms in total. The van der Waals surface area contributed by atoms with E-state index in [1.165, 1.54) is 0 Å². The fraction of sp³-hybridized carbons (Fsp3) is 0.333. The number of hydrogen-bond acceptors (Lipinski definition) is 2. The molecule has 0 bridgehead atoms. The van der Waals surface area contributed by atoms with Crippen molar-refractivity contribution in [3.8, 4) is 0 Å². The number of benzene rings is 1. The van der Waals surface area contributed by atoms with E-state index in [0.717, 1.165) is 0 Å². The zero-order chi connectivity index (χ0) is 12.1. The predicted octanol–water partition coefficient (Wildman–Crippen LogP) is 1.73. The molecule has 3 N–H and O–H groups in total. The lowest BCUT2D eigenvalue weighted by atomic mass is 10.0. The third-order valence-corrected chi connectivity index (χ3v) is 2.55. The van der Waals surface area contributed by atoms with E-state index in [4.69, 9.17) is 18.0 Å². The molecule has 1 atom stereocenters. The van der Waals surface area contributed by atoms with Crippen LogP contribution in [-0.4, -0.2) is 16.9 Å². The molecule has 1 amide bonds. The summed E-state index contributed by atoms with van der Waals surface area (Å²) in [5, 5.41) is 2.83. The van der Waals surface area contributed by atoms with Crippen molar-refractivity contribution in [2.24, 2.45) is 11.7 Å². The van der Waals surface area contributed by atoms with Crippen LogP contribution in [0.3, 0.4) is 0 Å². The average Bonchev–Trinajstić information content (AvgIpc) is 2.25. The van der Waals surface area contributed by atoms with E-state index in [1.54, 1.807) is 12.1 Å². The molecule has 0 unspecified atom stereocenters. The number of amides is 1. The van der Waals surface area contributed by atoms with Gasteiger partial charge in [-0.05, 0) is 18.1 Å². The summed E-state index contributed by atoms with van der Waals surface area (Å²) in [6.07, 6.45) is 0. The minimum absolute atomic E-state index is 0.146. The summed E-state index contributed by atoms with van der Waals surface area (Å²) < 4.78 is 0. The fourth-order valence-electron chi connectivity index (χ4n) is 1.38. The normalized spacial score (nSPS) is 12.2. The quantitative estimate of drug-likeness (QED) is 0.783. The number of nitrogens with one attached hydrogen (secondary N) is 1. The summed E-state index contributed by atoms with van der Waals surface area (Å²) in [5.41, 5.74) is 6.20. The first-order valence-corrected chi connectivity index (χ1v) is 5.58. The standard InChI is InChI=1S/C12H16N2OS/c1-8(2)10(11(13)16)14-12(15)9-6-4-3-5-7-9/h3-8,10H,1-2H3,(H2,13,16)(H,14,15)/t10-/m1/s1. The molecule has 1 rings (SSSR count). The van der Waals surface area contributed by atoms with Crippen LogP contribution >= 0.6 is 12.2 Å². The highest BCUT2D eigenvalue weighted by molar-refractivity contribution is 7.80. The number of hydrogen-bond donors (Lipinski definition) is 2. The van der Waals surface area contributed by atoms with E-state index >= 15 is 0 Å². The van der Waals surface area contributed by atoms with E-state index in [2.05, 4.69) is 5.32 Å². The largest absolute Gasteiger partial charge is 0.392 e. The SMILES string of the molecule is CC(C)[C@@H](NC(=O)c1ccccc1)C(N)=S.